The lowest BCUT2D eigenvalue weighted by Gasteiger charge is -2.65. The molecule has 0 unspecified atom stereocenters. The van der Waals surface area contributed by atoms with E-state index in [1.807, 2.05) is 20.8 Å². The van der Waals surface area contributed by atoms with Crippen LogP contribution in [-0.4, -0.2) is 29.1 Å². The zero-order valence-electron chi connectivity index (χ0n) is 15.8. The molecule has 4 heteroatoms. The van der Waals surface area contributed by atoms with Gasteiger partial charge < -0.3 is 9.84 Å². The van der Waals surface area contributed by atoms with Crippen LogP contribution < -0.4 is 0 Å². The van der Waals surface area contributed by atoms with Crippen molar-refractivity contribution in [1.82, 2.24) is 0 Å². The number of ketones is 1. The van der Waals surface area contributed by atoms with Crippen molar-refractivity contribution in [3.8, 4) is 0 Å². The van der Waals surface area contributed by atoms with Gasteiger partial charge in [0.1, 0.15) is 6.10 Å². The van der Waals surface area contributed by atoms with Crippen LogP contribution in [0.4, 0.5) is 0 Å². The lowest BCUT2D eigenvalue weighted by atomic mass is 9.40. The Morgan fingerprint density at radius 1 is 1.16 bits per heavy atom. The molecule has 1 N–H and O–H groups in total. The van der Waals surface area contributed by atoms with E-state index in [-0.39, 0.29) is 34.6 Å². The number of hydrogen-bond acceptors (Lipinski definition) is 4. The van der Waals surface area contributed by atoms with Crippen molar-refractivity contribution in [3.05, 3.63) is 23.3 Å². The second-order valence-corrected chi connectivity index (χ2v) is 9.47. The van der Waals surface area contributed by atoms with Crippen molar-refractivity contribution in [3.63, 3.8) is 0 Å². The predicted molar refractivity (Wildman–Crippen MR) is 93.6 cm³/mol. The number of aliphatic hydroxyl groups is 1. The number of fused-ring (bicyclic) bond motifs is 2. The highest BCUT2D eigenvalue weighted by molar-refractivity contribution is 5.96. The average Bonchev–Trinajstić information content (AvgIpc) is 2.52. The lowest BCUT2D eigenvalue weighted by molar-refractivity contribution is -0.204. The van der Waals surface area contributed by atoms with Gasteiger partial charge in [-0.15, -0.1) is 0 Å². The third-order valence-electron chi connectivity index (χ3n) is 8.05. The summed E-state index contributed by atoms with van der Waals surface area (Å²) >= 11 is 0. The molecule has 0 radical (unpaired) electrons. The second kappa shape index (κ2) is 4.85. The van der Waals surface area contributed by atoms with Crippen LogP contribution in [0.1, 0.15) is 53.9 Å². The number of ether oxygens (including phenoxy) is 1. The standard InChI is InChI=1S/C21H28O4/c1-11-6-7-12-20(4)9-8-14(22)19(2,3)13(20)10-15-21(12,5)16(11)17(23)18(24)25-15/h8-9,12-13,15,17,23H,6-7,10H2,1-5H3/t12-,13+,15+,17-,20-,21+/m0/s1. The highest BCUT2D eigenvalue weighted by atomic mass is 16.6. The fraction of sp³-hybridized carbons (Fsp3) is 0.714. The SMILES string of the molecule is CC1=C2[C@H](O)C(=O)O[C@@H]3C[C@@H]4C(C)(C)C(=O)C=C[C@@]4(C)[C@H](CC1)[C@@]23C. The van der Waals surface area contributed by atoms with Gasteiger partial charge in [-0.25, -0.2) is 4.79 Å². The van der Waals surface area contributed by atoms with E-state index in [4.69, 9.17) is 4.74 Å². The van der Waals surface area contributed by atoms with E-state index < -0.39 is 17.5 Å². The summed E-state index contributed by atoms with van der Waals surface area (Å²) in [5.41, 5.74) is 1.04. The third kappa shape index (κ3) is 1.87. The molecule has 0 bridgehead atoms. The van der Waals surface area contributed by atoms with E-state index in [0.29, 0.717) is 6.42 Å². The van der Waals surface area contributed by atoms with Gasteiger partial charge >= 0.3 is 5.97 Å². The zero-order valence-corrected chi connectivity index (χ0v) is 15.8. The van der Waals surface area contributed by atoms with Crippen molar-refractivity contribution in [2.24, 2.45) is 28.1 Å². The van der Waals surface area contributed by atoms with Crippen molar-refractivity contribution in [1.29, 1.82) is 0 Å². The molecule has 6 atom stereocenters. The first-order chi connectivity index (χ1) is 11.5. The molecule has 136 valence electrons. The fourth-order valence-corrected chi connectivity index (χ4v) is 6.72. The van der Waals surface area contributed by atoms with Crippen LogP contribution in [0.15, 0.2) is 23.3 Å². The molecule has 25 heavy (non-hydrogen) atoms. The van der Waals surface area contributed by atoms with Crippen molar-refractivity contribution >= 4 is 11.8 Å². The van der Waals surface area contributed by atoms with Gasteiger partial charge in [0.25, 0.3) is 0 Å². The quantitative estimate of drug-likeness (QED) is 0.541. The lowest BCUT2D eigenvalue weighted by Crippen LogP contribution is -2.66. The van der Waals surface area contributed by atoms with Crippen LogP contribution in [0.5, 0.6) is 0 Å². The van der Waals surface area contributed by atoms with Crippen LogP contribution in [0.3, 0.4) is 0 Å². The van der Waals surface area contributed by atoms with E-state index in [9.17, 15) is 14.7 Å². The number of carbonyl (C=O) groups excluding carboxylic acids is 2. The monoisotopic (exact) mass is 344 g/mol. The summed E-state index contributed by atoms with van der Waals surface area (Å²) in [6.45, 7) is 10.5. The van der Waals surface area contributed by atoms with Gasteiger partial charge in [-0.3, -0.25) is 4.79 Å². The summed E-state index contributed by atoms with van der Waals surface area (Å²) < 4.78 is 5.75. The van der Waals surface area contributed by atoms with E-state index in [2.05, 4.69) is 19.9 Å². The Morgan fingerprint density at radius 3 is 2.52 bits per heavy atom. The first kappa shape index (κ1) is 17.0. The number of carbonyl (C=O) groups is 2. The number of rotatable bonds is 0. The minimum Gasteiger partial charge on any atom is -0.459 e. The molecular formula is C21H28O4. The summed E-state index contributed by atoms with van der Waals surface area (Å²) in [5, 5.41) is 10.6. The van der Waals surface area contributed by atoms with Gasteiger partial charge in [-0.05, 0) is 55.1 Å². The second-order valence-electron chi connectivity index (χ2n) is 9.47. The van der Waals surface area contributed by atoms with Crippen LogP contribution in [-0.2, 0) is 14.3 Å². The highest BCUT2D eigenvalue weighted by Gasteiger charge is 2.67. The Kier molecular flexibility index (Phi) is 3.30. The summed E-state index contributed by atoms with van der Waals surface area (Å²) in [6, 6.07) is 0. The minimum atomic E-state index is -1.15. The van der Waals surface area contributed by atoms with Crippen molar-refractivity contribution in [2.45, 2.75) is 66.1 Å². The molecule has 0 aromatic rings. The molecule has 4 rings (SSSR count). The highest BCUT2D eigenvalue weighted by Crippen LogP contribution is 2.68. The van der Waals surface area contributed by atoms with Crippen molar-refractivity contribution in [2.75, 3.05) is 0 Å². The maximum Gasteiger partial charge on any atom is 0.339 e. The number of allylic oxidation sites excluding steroid dienone is 3. The van der Waals surface area contributed by atoms with Gasteiger partial charge in [-0.2, -0.15) is 0 Å². The molecule has 0 spiro atoms. The summed E-state index contributed by atoms with van der Waals surface area (Å²) in [6.07, 6.45) is 5.00. The zero-order chi connectivity index (χ0) is 18.4. The Morgan fingerprint density at radius 2 is 1.84 bits per heavy atom. The van der Waals surface area contributed by atoms with Crippen LogP contribution in [0, 0.1) is 28.1 Å². The van der Waals surface area contributed by atoms with Gasteiger partial charge in [0.15, 0.2) is 11.9 Å². The summed E-state index contributed by atoms with van der Waals surface area (Å²) in [7, 11) is 0. The molecule has 1 aliphatic heterocycles. The largest absolute Gasteiger partial charge is 0.459 e. The maximum absolute atomic E-state index is 12.6. The molecule has 0 aromatic carbocycles. The van der Waals surface area contributed by atoms with Crippen LogP contribution >= 0.6 is 0 Å². The van der Waals surface area contributed by atoms with Crippen molar-refractivity contribution < 1.29 is 19.4 Å². The molecular weight excluding hydrogens is 316 g/mol. The van der Waals surface area contributed by atoms with E-state index >= 15 is 0 Å². The predicted octanol–water partition coefficient (Wildman–Crippen LogP) is 3.20. The first-order valence-corrected chi connectivity index (χ1v) is 9.37. The molecule has 2 fully saturated rings. The van der Waals surface area contributed by atoms with E-state index in [1.54, 1.807) is 6.08 Å². The molecule has 0 amide bonds. The molecule has 4 aliphatic rings. The van der Waals surface area contributed by atoms with Crippen LogP contribution in [0.2, 0.25) is 0 Å². The molecule has 4 nitrogen and oxygen atoms in total. The smallest absolute Gasteiger partial charge is 0.339 e. The third-order valence-corrected chi connectivity index (χ3v) is 8.05. The Balaban J connectivity index is 1.93. The van der Waals surface area contributed by atoms with E-state index in [0.717, 1.165) is 24.0 Å². The molecule has 1 saturated carbocycles. The number of hydrogen-bond donors (Lipinski definition) is 1. The number of aliphatic hydroxyl groups excluding tert-OH is 1. The van der Waals surface area contributed by atoms with Crippen LogP contribution in [0.25, 0.3) is 0 Å². The molecule has 1 saturated heterocycles. The average molecular weight is 344 g/mol. The maximum atomic E-state index is 12.6. The van der Waals surface area contributed by atoms with Gasteiger partial charge in [0, 0.05) is 10.8 Å². The summed E-state index contributed by atoms with van der Waals surface area (Å²) in [4.78, 5) is 24.9. The molecule has 0 aromatic heterocycles. The van der Waals surface area contributed by atoms with Gasteiger partial charge in [0.05, 0.1) is 0 Å². The van der Waals surface area contributed by atoms with Gasteiger partial charge in [-0.1, -0.05) is 39.3 Å². The fourth-order valence-electron chi connectivity index (χ4n) is 6.72. The summed E-state index contributed by atoms with van der Waals surface area (Å²) in [5.74, 6) is -0.00262. The normalized spacial score (nSPS) is 47.9. The Labute approximate surface area is 149 Å². The number of esters is 1. The first-order valence-electron chi connectivity index (χ1n) is 9.37. The van der Waals surface area contributed by atoms with Gasteiger partial charge in [0.2, 0.25) is 0 Å². The van der Waals surface area contributed by atoms with E-state index in [1.165, 1.54) is 0 Å². The molecule has 1 heterocycles. The Hall–Kier alpha value is -1.42. The Bertz CT molecular complexity index is 730. The topological polar surface area (TPSA) is 63.6 Å². The minimum absolute atomic E-state index is 0.128. The molecule has 3 aliphatic carbocycles.